The summed E-state index contributed by atoms with van der Waals surface area (Å²) in [5, 5.41) is 3.27. The van der Waals surface area contributed by atoms with Crippen molar-refractivity contribution in [2.45, 2.75) is 34.1 Å². The Morgan fingerprint density at radius 3 is 2.56 bits per heavy atom. The topological polar surface area (TPSA) is 41.0 Å². The number of aryl methyl sites for hydroxylation is 1. The molecule has 0 saturated carbocycles. The summed E-state index contributed by atoms with van der Waals surface area (Å²) in [6.45, 7) is 11.8. The molecule has 2 atom stereocenters. The Labute approximate surface area is 110 Å². The summed E-state index contributed by atoms with van der Waals surface area (Å²) in [7, 11) is 0. The van der Waals surface area contributed by atoms with Crippen LogP contribution in [0.5, 0.6) is 0 Å². The number of piperidine rings is 1. The maximum Gasteiger partial charge on any atom is 0.134 e. The molecule has 1 fully saturated rings. The Morgan fingerprint density at radius 1 is 1.28 bits per heavy atom. The molecule has 0 aliphatic carbocycles. The smallest absolute Gasteiger partial charge is 0.134 e. The number of hydrogen-bond donors (Lipinski definition) is 1. The van der Waals surface area contributed by atoms with E-state index in [1.807, 2.05) is 6.92 Å². The molecule has 1 aromatic rings. The molecule has 1 aliphatic rings. The van der Waals surface area contributed by atoms with E-state index in [1.165, 1.54) is 6.42 Å². The van der Waals surface area contributed by atoms with Crippen LogP contribution in [-0.4, -0.2) is 29.6 Å². The molecular weight excluding hydrogens is 224 g/mol. The van der Waals surface area contributed by atoms with Crippen LogP contribution < -0.4 is 10.2 Å². The van der Waals surface area contributed by atoms with Crippen molar-refractivity contribution in [1.29, 1.82) is 0 Å². The SMILES string of the molecule is CCNc1cc(N2CC(C)CC(C)C2)nc(C)n1. The monoisotopic (exact) mass is 248 g/mol. The minimum absolute atomic E-state index is 0.742. The van der Waals surface area contributed by atoms with E-state index >= 15 is 0 Å². The van der Waals surface area contributed by atoms with Gasteiger partial charge in [0, 0.05) is 25.7 Å². The first kappa shape index (κ1) is 13.1. The molecule has 2 unspecified atom stereocenters. The number of aromatic nitrogens is 2. The zero-order valence-corrected chi connectivity index (χ0v) is 11.9. The van der Waals surface area contributed by atoms with Crippen molar-refractivity contribution < 1.29 is 0 Å². The van der Waals surface area contributed by atoms with Crippen LogP contribution in [0, 0.1) is 18.8 Å². The van der Waals surface area contributed by atoms with Crippen LogP contribution in [0.25, 0.3) is 0 Å². The largest absolute Gasteiger partial charge is 0.370 e. The van der Waals surface area contributed by atoms with E-state index in [9.17, 15) is 0 Å². The second kappa shape index (κ2) is 5.55. The van der Waals surface area contributed by atoms with Crippen LogP contribution in [0.2, 0.25) is 0 Å². The summed E-state index contributed by atoms with van der Waals surface area (Å²) in [5.41, 5.74) is 0. The van der Waals surface area contributed by atoms with Crippen LogP contribution in [-0.2, 0) is 0 Å². The molecule has 100 valence electrons. The average molecular weight is 248 g/mol. The molecule has 2 heterocycles. The molecule has 1 N–H and O–H groups in total. The Hall–Kier alpha value is -1.32. The fourth-order valence-electron chi connectivity index (χ4n) is 2.84. The summed E-state index contributed by atoms with van der Waals surface area (Å²) in [6, 6.07) is 2.07. The molecule has 0 radical (unpaired) electrons. The first-order valence-corrected chi connectivity index (χ1v) is 6.93. The lowest BCUT2D eigenvalue weighted by molar-refractivity contribution is 0.355. The van der Waals surface area contributed by atoms with E-state index in [4.69, 9.17) is 0 Å². The molecule has 1 saturated heterocycles. The molecule has 1 aromatic heterocycles. The van der Waals surface area contributed by atoms with Crippen LogP contribution >= 0.6 is 0 Å². The third-order valence-electron chi connectivity index (χ3n) is 3.38. The Bertz CT molecular complexity index is 395. The van der Waals surface area contributed by atoms with E-state index < -0.39 is 0 Å². The van der Waals surface area contributed by atoms with Crippen LogP contribution in [0.4, 0.5) is 11.6 Å². The van der Waals surface area contributed by atoms with Crippen molar-refractivity contribution in [3.63, 3.8) is 0 Å². The second-order valence-electron chi connectivity index (χ2n) is 5.54. The van der Waals surface area contributed by atoms with Crippen LogP contribution in [0.1, 0.15) is 33.0 Å². The van der Waals surface area contributed by atoms with Gasteiger partial charge < -0.3 is 10.2 Å². The molecule has 18 heavy (non-hydrogen) atoms. The van der Waals surface area contributed by atoms with Gasteiger partial charge in [-0.2, -0.15) is 0 Å². The molecule has 2 rings (SSSR count). The molecule has 4 heteroatoms. The summed E-state index contributed by atoms with van der Waals surface area (Å²) in [5.74, 6) is 4.33. The highest BCUT2D eigenvalue weighted by atomic mass is 15.2. The van der Waals surface area contributed by atoms with Gasteiger partial charge in [-0.3, -0.25) is 0 Å². The zero-order valence-electron chi connectivity index (χ0n) is 11.9. The van der Waals surface area contributed by atoms with E-state index in [0.717, 1.165) is 48.9 Å². The molecule has 4 nitrogen and oxygen atoms in total. The third-order valence-corrected chi connectivity index (χ3v) is 3.38. The second-order valence-corrected chi connectivity index (χ2v) is 5.54. The predicted octanol–water partition coefficient (Wildman–Crippen LogP) is 2.70. The summed E-state index contributed by atoms with van der Waals surface area (Å²) < 4.78 is 0. The standard InChI is InChI=1S/C14H24N4/c1-5-15-13-7-14(17-12(4)16-13)18-8-10(2)6-11(3)9-18/h7,10-11H,5-6,8-9H2,1-4H3,(H,15,16,17). The van der Waals surface area contributed by atoms with Crippen LogP contribution in [0.15, 0.2) is 6.07 Å². The highest BCUT2D eigenvalue weighted by molar-refractivity contribution is 5.49. The van der Waals surface area contributed by atoms with E-state index in [1.54, 1.807) is 0 Å². The number of hydrogen-bond acceptors (Lipinski definition) is 4. The fraction of sp³-hybridized carbons (Fsp3) is 0.714. The lowest BCUT2D eigenvalue weighted by Crippen LogP contribution is -2.39. The average Bonchev–Trinajstić information content (AvgIpc) is 2.27. The van der Waals surface area contributed by atoms with Gasteiger partial charge in [-0.1, -0.05) is 13.8 Å². The molecule has 1 aliphatic heterocycles. The summed E-state index contributed by atoms with van der Waals surface area (Å²) in [4.78, 5) is 11.4. The minimum Gasteiger partial charge on any atom is -0.370 e. The van der Waals surface area contributed by atoms with Gasteiger partial charge in [-0.25, -0.2) is 9.97 Å². The quantitative estimate of drug-likeness (QED) is 0.893. The van der Waals surface area contributed by atoms with Gasteiger partial charge in [0.2, 0.25) is 0 Å². The van der Waals surface area contributed by atoms with Crippen molar-refractivity contribution in [3.8, 4) is 0 Å². The lowest BCUT2D eigenvalue weighted by atomic mass is 9.92. The zero-order chi connectivity index (χ0) is 13.1. The number of anilines is 2. The van der Waals surface area contributed by atoms with Gasteiger partial charge in [0.15, 0.2) is 0 Å². The maximum absolute atomic E-state index is 4.58. The van der Waals surface area contributed by atoms with Crippen molar-refractivity contribution in [2.24, 2.45) is 11.8 Å². The van der Waals surface area contributed by atoms with Crippen LogP contribution in [0.3, 0.4) is 0 Å². The van der Waals surface area contributed by atoms with Crippen molar-refractivity contribution in [1.82, 2.24) is 9.97 Å². The first-order valence-electron chi connectivity index (χ1n) is 6.93. The van der Waals surface area contributed by atoms with Gasteiger partial charge in [-0.15, -0.1) is 0 Å². The highest BCUT2D eigenvalue weighted by Crippen LogP contribution is 2.26. The van der Waals surface area contributed by atoms with Gasteiger partial charge in [0.25, 0.3) is 0 Å². The van der Waals surface area contributed by atoms with Gasteiger partial charge in [-0.05, 0) is 32.1 Å². The van der Waals surface area contributed by atoms with Crippen molar-refractivity contribution in [3.05, 3.63) is 11.9 Å². The maximum atomic E-state index is 4.58. The Kier molecular flexibility index (Phi) is 4.04. The lowest BCUT2D eigenvalue weighted by Gasteiger charge is -2.36. The van der Waals surface area contributed by atoms with E-state index in [-0.39, 0.29) is 0 Å². The summed E-state index contributed by atoms with van der Waals surface area (Å²) in [6.07, 6.45) is 1.32. The molecule has 0 aromatic carbocycles. The molecule has 0 amide bonds. The normalized spacial score (nSPS) is 24.1. The molecule has 0 spiro atoms. The number of nitrogens with zero attached hydrogens (tertiary/aromatic N) is 3. The predicted molar refractivity (Wildman–Crippen MR) is 76.1 cm³/mol. The fourth-order valence-corrected chi connectivity index (χ4v) is 2.84. The molecular formula is C14H24N4. The van der Waals surface area contributed by atoms with E-state index in [0.29, 0.717) is 0 Å². The summed E-state index contributed by atoms with van der Waals surface area (Å²) >= 11 is 0. The molecule has 0 bridgehead atoms. The van der Waals surface area contributed by atoms with Gasteiger partial charge >= 0.3 is 0 Å². The first-order chi connectivity index (χ1) is 8.58. The van der Waals surface area contributed by atoms with Gasteiger partial charge in [0.1, 0.15) is 17.5 Å². The van der Waals surface area contributed by atoms with Crippen molar-refractivity contribution in [2.75, 3.05) is 29.9 Å². The Balaban J connectivity index is 2.21. The van der Waals surface area contributed by atoms with E-state index in [2.05, 4.69) is 47.0 Å². The Morgan fingerprint density at radius 2 is 1.94 bits per heavy atom. The van der Waals surface area contributed by atoms with Gasteiger partial charge in [0.05, 0.1) is 0 Å². The van der Waals surface area contributed by atoms with Crippen molar-refractivity contribution >= 4 is 11.6 Å². The highest BCUT2D eigenvalue weighted by Gasteiger charge is 2.23. The third kappa shape index (κ3) is 3.12. The number of nitrogens with one attached hydrogen (secondary N) is 1. The number of rotatable bonds is 3. The minimum atomic E-state index is 0.742.